The van der Waals surface area contributed by atoms with Gasteiger partial charge in [0.15, 0.2) is 0 Å². The van der Waals surface area contributed by atoms with Crippen LogP contribution in [0.5, 0.6) is 0 Å². The smallest absolute Gasteiger partial charge is 0.333 e. The maximum atomic E-state index is 11.8. The maximum absolute atomic E-state index is 11.8. The second-order valence-electron chi connectivity index (χ2n) is 7.31. The Labute approximate surface area is 176 Å². The number of rotatable bonds is 6. The van der Waals surface area contributed by atoms with Crippen molar-refractivity contribution in [2.75, 3.05) is 6.61 Å². The van der Waals surface area contributed by atoms with E-state index in [0.29, 0.717) is 12.2 Å². The van der Waals surface area contributed by atoms with E-state index < -0.39 is 0 Å². The van der Waals surface area contributed by atoms with Gasteiger partial charge in [-0.3, -0.25) is 4.57 Å². The first-order valence-corrected chi connectivity index (χ1v) is 10.1. The van der Waals surface area contributed by atoms with E-state index in [9.17, 15) is 4.79 Å². The molecule has 0 radical (unpaired) electrons. The predicted molar refractivity (Wildman–Crippen MR) is 120 cm³/mol. The molecule has 0 aliphatic heterocycles. The Morgan fingerprint density at radius 2 is 1.90 bits per heavy atom. The average Bonchev–Trinajstić information content (AvgIpc) is 3.37. The number of ether oxygens (including phenoxy) is 1. The van der Waals surface area contributed by atoms with Crippen LogP contribution in [-0.4, -0.2) is 26.7 Å². The summed E-state index contributed by atoms with van der Waals surface area (Å²) in [5, 5.41) is 1.24. The number of benzene rings is 2. The minimum Gasteiger partial charge on any atom is -0.463 e. The van der Waals surface area contributed by atoms with Gasteiger partial charge in [0.2, 0.25) is 0 Å². The monoisotopic (exact) mass is 399 g/mol. The molecule has 2 aromatic heterocycles. The number of carbonyl (C=O) groups is 1. The van der Waals surface area contributed by atoms with Crippen LogP contribution in [0.4, 0.5) is 0 Å². The third-order valence-corrected chi connectivity index (χ3v) is 5.24. The normalized spacial score (nSPS) is 11.8. The fourth-order valence-electron chi connectivity index (χ4n) is 3.80. The topological polar surface area (TPSA) is 49.0 Å². The summed E-state index contributed by atoms with van der Waals surface area (Å²) in [6, 6.07) is 16.7. The van der Waals surface area contributed by atoms with Gasteiger partial charge in [0.05, 0.1) is 12.1 Å². The van der Waals surface area contributed by atoms with Gasteiger partial charge in [-0.25, -0.2) is 9.78 Å². The molecule has 4 rings (SSSR count). The van der Waals surface area contributed by atoms with Crippen LogP contribution in [-0.2, 0) is 16.1 Å². The molecule has 0 amide bonds. The van der Waals surface area contributed by atoms with Gasteiger partial charge in [0.25, 0.3) is 0 Å². The molecule has 5 heteroatoms. The number of carbonyl (C=O) groups excluding carboxylic acids is 1. The number of esters is 1. The molecule has 0 spiro atoms. The molecule has 0 saturated carbocycles. The number of para-hydroxylation sites is 1. The Balaban J connectivity index is 1.68. The number of fused-ring (bicyclic) bond motifs is 1. The van der Waals surface area contributed by atoms with E-state index in [1.165, 1.54) is 22.0 Å². The van der Waals surface area contributed by atoms with Gasteiger partial charge in [-0.05, 0) is 49.6 Å². The van der Waals surface area contributed by atoms with Crippen molar-refractivity contribution in [1.29, 1.82) is 0 Å². The minimum absolute atomic E-state index is 0.277. The van der Waals surface area contributed by atoms with Crippen LogP contribution in [0.15, 0.2) is 72.8 Å². The minimum atomic E-state index is -0.277. The fraction of sp³-hybridized carbons (Fsp3) is 0.200. The van der Waals surface area contributed by atoms with E-state index in [1.54, 1.807) is 13.1 Å². The van der Waals surface area contributed by atoms with E-state index in [2.05, 4.69) is 57.4 Å². The van der Waals surface area contributed by atoms with Crippen LogP contribution in [0.3, 0.4) is 0 Å². The maximum Gasteiger partial charge on any atom is 0.333 e. The molecular formula is C25H25N3O2. The van der Waals surface area contributed by atoms with E-state index in [1.807, 2.05) is 37.7 Å². The molecule has 2 aromatic carbocycles. The molecule has 5 nitrogen and oxygen atoms in total. The highest BCUT2D eigenvalue weighted by Gasteiger charge is 2.15. The molecule has 152 valence electrons. The van der Waals surface area contributed by atoms with Gasteiger partial charge in [-0.1, -0.05) is 42.5 Å². The van der Waals surface area contributed by atoms with Crippen LogP contribution < -0.4 is 0 Å². The zero-order valence-electron chi connectivity index (χ0n) is 17.5. The third-order valence-electron chi connectivity index (χ3n) is 5.24. The highest BCUT2D eigenvalue weighted by Crippen LogP contribution is 2.29. The lowest BCUT2D eigenvalue weighted by atomic mass is 10.1. The standard InChI is InChI=1S/C25H25N3O2/c1-4-30-25(29)18(2)15-20-9-11-21(12-10-20)16-28-23-8-6-5-7-22(23)19(3)24(28)27-14-13-26-17-27/h5-15,17H,4,16H2,1-3H3/b18-15+. The van der Waals surface area contributed by atoms with E-state index >= 15 is 0 Å². The molecule has 0 aliphatic rings. The Kier molecular flexibility index (Phi) is 5.53. The van der Waals surface area contributed by atoms with Crippen LogP contribution >= 0.6 is 0 Å². The van der Waals surface area contributed by atoms with Crippen LogP contribution in [0.25, 0.3) is 22.8 Å². The zero-order chi connectivity index (χ0) is 21.1. The average molecular weight is 399 g/mol. The first-order chi connectivity index (χ1) is 14.6. The Morgan fingerprint density at radius 1 is 1.13 bits per heavy atom. The second kappa shape index (κ2) is 8.41. The molecule has 0 aliphatic carbocycles. The number of imidazole rings is 1. The molecule has 0 atom stereocenters. The molecule has 30 heavy (non-hydrogen) atoms. The highest BCUT2D eigenvalue weighted by molar-refractivity contribution is 5.93. The first-order valence-electron chi connectivity index (χ1n) is 10.1. The van der Waals surface area contributed by atoms with Crippen LogP contribution in [0.2, 0.25) is 0 Å². The summed E-state index contributed by atoms with van der Waals surface area (Å²) in [4.78, 5) is 16.1. The van der Waals surface area contributed by atoms with Gasteiger partial charge in [-0.15, -0.1) is 0 Å². The van der Waals surface area contributed by atoms with E-state index in [4.69, 9.17) is 4.74 Å². The van der Waals surface area contributed by atoms with Crippen LogP contribution in [0, 0.1) is 6.92 Å². The van der Waals surface area contributed by atoms with Gasteiger partial charge in [-0.2, -0.15) is 0 Å². The van der Waals surface area contributed by atoms with Crippen LogP contribution in [0.1, 0.15) is 30.5 Å². The Hall–Kier alpha value is -3.60. The molecule has 0 unspecified atom stereocenters. The van der Waals surface area contributed by atoms with Gasteiger partial charge in [0.1, 0.15) is 12.1 Å². The molecular weight excluding hydrogens is 374 g/mol. The molecule has 2 heterocycles. The van der Waals surface area contributed by atoms with Crippen molar-refractivity contribution in [2.45, 2.75) is 27.3 Å². The summed E-state index contributed by atoms with van der Waals surface area (Å²) in [7, 11) is 0. The molecule has 0 saturated heterocycles. The lowest BCUT2D eigenvalue weighted by molar-refractivity contribution is -0.138. The highest BCUT2D eigenvalue weighted by atomic mass is 16.5. The summed E-state index contributed by atoms with van der Waals surface area (Å²) in [6.07, 6.45) is 7.47. The summed E-state index contributed by atoms with van der Waals surface area (Å²) >= 11 is 0. The summed E-state index contributed by atoms with van der Waals surface area (Å²) in [6.45, 7) is 6.86. The Bertz CT molecular complexity index is 1200. The van der Waals surface area contributed by atoms with Crippen molar-refractivity contribution in [1.82, 2.24) is 14.1 Å². The summed E-state index contributed by atoms with van der Waals surface area (Å²) < 4.78 is 9.44. The fourth-order valence-corrected chi connectivity index (χ4v) is 3.80. The number of aromatic nitrogens is 3. The lowest BCUT2D eigenvalue weighted by Crippen LogP contribution is -2.07. The Morgan fingerprint density at radius 3 is 2.60 bits per heavy atom. The summed E-state index contributed by atoms with van der Waals surface area (Å²) in [5.41, 5.74) is 5.18. The van der Waals surface area contributed by atoms with Gasteiger partial charge >= 0.3 is 5.97 Å². The number of aryl methyl sites for hydroxylation is 1. The molecule has 0 bridgehead atoms. The van der Waals surface area contributed by atoms with Crippen molar-refractivity contribution < 1.29 is 9.53 Å². The quantitative estimate of drug-likeness (QED) is 0.333. The number of nitrogens with zero attached hydrogens (tertiary/aromatic N) is 3. The SMILES string of the molecule is CCOC(=O)/C(C)=C/c1ccc(Cn2c(-n3ccnc3)c(C)c3ccccc32)cc1. The van der Waals surface area contributed by atoms with E-state index in [0.717, 1.165) is 17.9 Å². The van der Waals surface area contributed by atoms with Crippen molar-refractivity contribution in [2.24, 2.45) is 0 Å². The number of hydrogen-bond acceptors (Lipinski definition) is 3. The largest absolute Gasteiger partial charge is 0.463 e. The van der Waals surface area contributed by atoms with Gasteiger partial charge < -0.3 is 9.30 Å². The zero-order valence-corrected chi connectivity index (χ0v) is 17.5. The van der Waals surface area contributed by atoms with Crippen molar-refractivity contribution >= 4 is 22.9 Å². The first kappa shape index (κ1) is 19.7. The van der Waals surface area contributed by atoms with Gasteiger partial charge in [0, 0.05) is 29.9 Å². The predicted octanol–water partition coefficient (Wildman–Crippen LogP) is 5.15. The number of hydrogen-bond donors (Lipinski definition) is 0. The van der Waals surface area contributed by atoms with Crippen molar-refractivity contribution in [3.63, 3.8) is 0 Å². The summed E-state index contributed by atoms with van der Waals surface area (Å²) in [5.74, 6) is 0.844. The molecule has 4 aromatic rings. The van der Waals surface area contributed by atoms with Crippen molar-refractivity contribution in [3.8, 4) is 5.82 Å². The van der Waals surface area contributed by atoms with E-state index in [-0.39, 0.29) is 5.97 Å². The molecule has 0 N–H and O–H groups in total. The lowest BCUT2D eigenvalue weighted by Gasteiger charge is -2.13. The van der Waals surface area contributed by atoms with Crippen molar-refractivity contribution in [3.05, 3.63) is 89.5 Å². The molecule has 0 fully saturated rings. The second-order valence-corrected chi connectivity index (χ2v) is 7.31. The third kappa shape index (κ3) is 3.79.